The van der Waals surface area contributed by atoms with Crippen LogP contribution in [-0.4, -0.2) is 54.2 Å². The molecular formula is C22H22ClN5O2. The number of aromatic nitrogens is 2. The van der Waals surface area contributed by atoms with Crippen molar-refractivity contribution in [3.63, 3.8) is 0 Å². The summed E-state index contributed by atoms with van der Waals surface area (Å²) in [5.74, 6) is 1.63. The lowest BCUT2D eigenvalue weighted by Crippen LogP contribution is -2.50. The Kier molecular flexibility index (Phi) is 5.99. The normalized spacial score (nSPS) is 13.8. The number of amides is 2. The highest BCUT2D eigenvalue weighted by Gasteiger charge is 2.22. The topological polar surface area (TPSA) is 70.6 Å². The molecule has 7 nitrogen and oxygen atoms in total. The summed E-state index contributed by atoms with van der Waals surface area (Å²) < 4.78 is 5.30. The standard InChI is InChI=1S/C22H22ClN5O2/c1-30-19-7-2-4-16(12-19)20-14-21(25-15-24-20)27-8-10-28(11-9-27)22(29)26-18-6-3-5-17(23)13-18/h2-7,12-15H,8-11H2,1H3,(H,26,29). The highest BCUT2D eigenvalue weighted by Crippen LogP contribution is 2.25. The smallest absolute Gasteiger partial charge is 0.321 e. The molecule has 154 valence electrons. The van der Waals surface area contributed by atoms with Crippen LogP contribution >= 0.6 is 11.6 Å². The molecule has 0 unspecified atom stereocenters. The maximum absolute atomic E-state index is 12.5. The molecule has 1 N–H and O–H groups in total. The van der Waals surface area contributed by atoms with E-state index < -0.39 is 0 Å². The molecule has 4 rings (SSSR count). The monoisotopic (exact) mass is 423 g/mol. The molecule has 8 heteroatoms. The van der Waals surface area contributed by atoms with Gasteiger partial charge in [0.1, 0.15) is 17.9 Å². The van der Waals surface area contributed by atoms with E-state index in [9.17, 15) is 4.79 Å². The number of rotatable bonds is 4. The van der Waals surface area contributed by atoms with Crippen LogP contribution in [0.3, 0.4) is 0 Å². The van der Waals surface area contributed by atoms with Crippen molar-refractivity contribution in [2.24, 2.45) is 0 Å². The highest BCUT2D eigenvalue weighted by atomic mass is 35.5. The number of piperazine rings is 1. The Bertz CT molecular complexity index is 1040. The Morgan fingerprint density at radius 3 is 2.60 bits per heavy atom. The third-order valence-electron chi connectivity index (χ3n) is 4.98. The molecule has 1 fully saturated rings. The van der Waals surface area contributed by atoms with Gasteiger partial charge in [0.05, 0.1) is 12.8 Å². The summed E-state index contributed by atoms with van der Waals surface area (Å²) in [6.07, 6.45) is 1.57. The van der Waals surface area contributed by atoms with Crippen LogP contribution in [0.2, 0.25) is 5.02 Å². The van der Waals surface area contributed by atoms with Crippen molar-refractivity contribution in [2.75, 3.05) is 43.5 Å². The summed E-state index contributed by atoms with van der Waals surface area (Å²) in [6.45, 7) is 2.59. The lowest BCUT2D eigenvalue weighted by molar-refractivity contribution is 0.208. The minimum absolute atomic E-state index is 0.128. The van der Waals surface area contributed by atoms with Crippen LogP contribution in [0.25, 0.3) is 11.3 Å². The van der Waals surface area contributed by atoms with E-state index in [0.29, 0.717) is 36.9 Å². The molecule has 0 bridgehead atoms. The van der Waals surface area contributed by atoms with Gasteiger partial charge in [0.2, 0.25) is 0 Å². The average molecular weight is 424 g/mol. The van der Waals surface area contributed by atoms with Gasteiger partial charge in [0.15, 0.2) is 0 Å². The van der Waals surface area contributed by atoms with Gasteiger partial charge in [-0.15, -0.1) is 0 Å². The summed E-state index contributed by atoms with van der Waals surface area (Å²) in [6, 6.07) is 16.8. The van der Waals surface area contributed by atoms with Gasteiger partial charge in [-0.1, -0.05) is 29.8 Å². The molecule has 1 aliphatic rings. The van der Waals surface area contributed by atoms with E-state index in [1.54, 1.807) is 30.5 Å². The van der Waals surface area contributed by atoms with Gasteiger partial charge in [0.25, 0.3) is 0 Å². The minimum Gasteiger partial charge on any atom is -0.497 e. The molecule has 0 atom stereocenters. The lowest BCUT2D eigenvalue weighted by Gasteiger charge is -2.35. The number of hydrogen-bond donors (Lipinski definition) is 1. The quantitative estimate of drug-likeness (QED) is 0.682. The van der Waals surface area contributed by atoms with Gasteiger partial charge in [-0.2, -0.15) is 0 Å². The number of urea groups is 1. The number of carbonyl (C=O) groups is 1. The fourth-order valence-corrected chi connectivity index (χ4v) is 3.56. The van der Waals surface area contributed by atoms with Crippen LogP contribution in [0.5, 0.6) is 5.75 Å². The van der Waals surface area contributed by atoms with Crippen LogP contribution in [0.1, 0.15) is 0 Å². The molecule has 0 saturated carbocycles. The van der Waals surface area contributed by atoms with Crippen LogP contribution < -0.4 is 15.0 Å². The first-order valence-corrected chi connectivity index (χ1v) is 10.0. The minimum atomic E-state index is -0.128. The maximum atomic E-state index is 12.5. The van der Waals surface area contributed by atoms with Gasteiger partial charge in [0, 0.05) is 48.5 Å². The largest absolute Gasteiger partial charge is 0.497 e. The SMILES string of the molecule is COc1cccc(-c2cc(N3CCN(C(=O)Nc4cccc(Cl)c4)CC3)ncn2)c1. The molecule has 3 aromatic rings. The molecule has 0 aliphatic carbocycles. The second kappa shape index (κ2) is 9.00. The van der Waals surface area contributed by atoms with Crippen LogP contribution in [-0.2, 0) is 0 Å². The van der Waals surface area contributed by atoms with Gasteiger partial charge in [-0.3, -0.25) is 0 Å². The maximum Gasteiger partial charge on any atom is 0.321 e. The molecule has 30 heavy (non-hydrogen) atoms. The van der Waals surface area contributed by atoms with E-state index in [0.717, 1.165) is 22.8 Å². The molecule has 0 spiro atoms. The number of carbonyl (C=O) groups excluding carboxylic acids is 1. The number of halogens is 1. The molecule has 2 amide bonds. The average Bonchev–Trinajstić information content (AvgIpc) is 2.79. The first-order valence-electron chi connectivity index (χ1n) is 9.65. The molecule has 0 radical (unpaired) electrons. The Hall–Kier alpha value is -3.32. The first-order chi connectivity index (χ1) is 14.6. The Labute approximate surface area is 180 Å². The molecule has 1 aliphatic heterocycles. The summed E-state index contributed by atoms with van der Waals surface area (Å²) in [4.78, 5) is 25.3. The Morgan fingerprint density at radius 2 is 1.83 bits per heavy atom. The van der Waals surface area contributed by atoms with Crippen LogP contribution in [0.4, 0.5) is 16.3 Å². The number of nitrogens with zero attached hydrogens (tertiary/aromatic N) is 4. The lowest BCUT2D eigenvalue weighted by atomic mass is 10.1. The van der Waals surface area contributed by atoms with Crippen LogP contribution in [0, 0.1) is 0 Å². The highest BCUT2D eigenvalue weighted by molar-refractivity contribution is 6.30. The second-order valence-electron chi connectivity index (χ2n) is 6.91. The molecule has 2 heterocycles. The molecular weight excluding hydrogens is 402 g/mol. The van der Waals surface area contributed by atoms with Crippen molar-refractivity contribution in [2.45, 2.75) is 0 Å². The summed E-state index contributed by atoms with van der Waals surface area (Å²) in [5, 5.41) is 3.49. The molecule has 1 aromatic heterocycles. The van der Waals surface area contributed by atoms with Crippen molar-refractivity contribution in [1.82, 2.24) is 14.9 Å². The first kappa shape index (κ1) is 20.0. The predicted molar refractivity (Wildman–Crippen MR) is 118 cm³/mol. The number of benzene rings is 2. The van der Waals surface area contributed by atoms with Gasteiger partial charge in [-0.25, -0.2) is 14.8 Å². The number of methoxy groups -OCH3 is 1. The van der Waals surface area contributed by atoms with Crippen molar-refractivity contribution in [3.8, 4) is 17.0 Å². The van der Waals surface area contributed by atoms with Gasteiger partial charge in [-0.05, 0) is 30.3 Å². The van der Waals surface area contributed by atoms with Crippen molar-refractivity contribution in [3.05, 3.63) is 65.9 Å². The van der Waals surface area contributed by atoms with Gasteiger partial charge < -0.3 is 19.9 Å². The third-order valence-corrected chi connectivity index (χ3v) is 5.22. The fraction of sp³-hybridized carbons (Fsp3) is 0.227. The predicted octanol–water partition coefficient (Wildman–Crippen LogP) is 4.16. The van der Waals surface area contributed by atoms with E-state index in [-0.39, 0.29) is 6.03 Å². The number of ether oxygens (including phenoxy) is 1. The van der Waals surface area contributed by atoms with Crippen molar-refractivity contribution < 1.29 is 9.53 Å². The summed E-state index contributed by atoms with van der Waals surface area (Å²) in [7, 11) is 1.65. The van der Waals surface area contributed by atoms with Crippen molar-refractivity contribution in [1.29, 1.82) is 0 Å². The Balaban J connectivity index is 1.40. The van der Waals surface area contributed by atoms with E-state index in [4.69, 9.17) is 16.3 Å². The molecule has 2 aromatic carbocycles. The summed E-state index contributed by atoms with van der Waals surface area (Å²) >= 11 is 5.98. The van der Waals surface area contributed by atoms with Crippen molar-refractivity contribution >= 4 is 29.1 Å². The zero-order valence-electron chi connectivity index (χ0n) is 16.6. The van der Waals surface area contributed by atoms with Gasteiger partial charge >= 0.3 is 6.03 Å². The van der Waals surface area contributed by atoms with Crippen LogP contribution in [0.15, 0.2) is 60.9 Å². The third kappa shape index (κ3) is 4.63. The fourth-order valence-electron chi connectivity index (χ4n) is 3.37. The number of anilines is 2. The van der Waals surface area contributed by atoms with E-state index in [2.05, 4.69) is 20.2 Å². The van der Waals surface area contributed by atoms with E-state index in [1.165, 1.54) is 0 Å². The summed E-state index contributed by atoms with van der Waals surface area (Å²) in [5.41, 5.74) is 2.49. The number of hydrogen-bond acceptors (Lipinski definition) is 5. The zero-order chi connectivity index (χ0) is 20.9. The Morgan fingerprint density at radius 1 is 1.03 bits per heavy atom. The van der Waals surface area contributed by atoms with E-state index >= 15 is 0 Å². The molecule has 1 saturated heterocycles. The van der Waals surface area contributed by atoms with E-state index in [1.807, 2.05) is 42.5 Å². The second-order valence-corrected chi connectivity index (χ2v) is 7.34. The zero-order valence-corrected chi connectivity index (χ0v) is 17.3. The number of nitrogens with one attached hydrogen (secondary N) is 1.